The highest BCUT2D eigenvalue weighted by atomic mass is 16.3. The summed E-state index contributed by atoms with van der Waals surface area (Å²) in [5.41, 5.74) is 15.8. The molecule has 0 unspecified atom stereocenters. The number of hydrogen-bond acceptors (Lipinski definition) is 2. The fourth-order valence-corrected chi connectivity index (χ4v) is 9.65. The van der Waals surface area contributed by atoms with Crippen LogP contribution < -0.4 is 4.90 Å². The molecule has 2 heterocycles. The zero-order chi connectivity index (χ0) is 43.0. The lowest BCUT2D eigenvalue weighted by Gasteiger charge is -2.29. The Kier molecular flexibility index (Phi) is 8.96. The van der Waals surface area contributed by atoms with Gasteiger partial charge in [0.25, 0.3) is 0 Å². The number of anilines is 3. The average Bonchev–Trinajstić information content (AvgIpc) is 3.84. The molecule has 3 heteroatoms. The zero-order valence-corrected chi connectivity index (χ0v) is 36.8. The smallest absolute Gasteiger partial charge is 0.137 e. The second kappa shape index (κ2) is 14.6. The third kappa shape index (κ3) is 6.50. The van der Waals surface area contributed by atoms with Crippen molar-refractivity contribution in [1.82, 2.24) is 4.57 Å². The Morgan fingerprint density at radius 2 is 1.00 bits per heavy atom. The van der Waals surface area contributed by atoms with Crippen LogP contribution in [0.2, 0.25) is 0 Å². The van der Waals surface area contributed by atoms with Gasteiger partial charge in [0.15, 0.2) is 0 Å². The largest absolute Gasteiger partial charge is 0.456 e. The average molecular weight is 815 g/mol. The summed E-state index contributed by atoms with van der Waals surface area (Å²) < 4.78 is 8.98. The molecule has 0 radical (unpaired) electrons. The fraction of sp³-hybridized carbons (Fsp3) is 0.133. The van der Waals surface area contributed by atoms with Crippen LogP contribution in [-0.2, 0) is 10.8 Å². The molecule has 0 saturated heterocycles. The summed E-state index contributed by atoms with van der Waals surface area (Å²) in [7, 11) is 0. The molecule has 2 aromatic heterocycles. The molecule has 0 bridgehead atoms. The first kappa shape index (κ1) is 38.6. The molecular formula is C60H50N2O. The lowest BCUT2D eigenvalue weighted by atomic mass is 9.78. The first-order valence-corrected chi connectivity index (χ1v) is 22.1. The number of hydrogen-bond donors (Lipinski definition) is 0. The SMILES string of the molecule is CC(C)(C)c1cc(-c2cccc3cccc(-c4ccccc4N(c4ccc5c6ccccc6n(-c6ccccc6)c5c4)c4cccc5oc6ccccc6c45)c23)cc(C(C)(C)C)c1. The summed E-state index contributed by atoms with van der Waals surface area (Å²) in [5, 5.41) is 7.06. The first-order valence-electron chi connectivity index (χ1n) is 22.1. The maximum Gasteiger partial charge on any atom is 0.137 e. The minimum Gasteiger partial charge on any atom is -0.456 e. The van der Waals surface area contributed by atoms with Crippen LogP contribution in [0.1, 0.15) is 52.7 Å². The Labute approximate surface area is 369 Å². The molecule has 63 heavy (non-hydrogen) atoms. The van der Waals surface area contributed by atoms with E-state index in [0.717, 1.165) is 55.8 Å². The highest BCUT2D eigenvalue weighted by Crippen LogP contribution is 2.49. The van der Waals surface area contributed by atoms with Crippen LogP contribution in [0.15, 0.2) is 199 Å². The molecule has 306 valence electrons. The van der Waals surface area contributed by atoms with Crippen LogP contribution >= 0.6 is 0 Å². The van der Waals surface area contributed by atoms with E-state index in [0.29, 0.717) is 0 Å². The van der Waals surface area contributed by atoms with Gasteiger partial charge < -0.3 is 13.9 Å². The molecule has 0 atom stereocenters. The van der Waals surface area contributed by atoms with Crippen molar-refractivity contribution in [2.75, 3.05) is 4.90 Å². The maximum absolute atomic E-state index is 6.58. The van der Waals surface area contributed by atoms with Gasteiger partial charge in [-0.05, 0) is 104 Å². The number of benzene rings is 9. The Morgan fingerprint density at radius 1 is 0.413 bits per heavy atom. The van der Waals surface area contributed by atoms with Gasteiger partial charge >= 0.3 is 0 Å². The van der Waals surface area contributed by atoms with E-state index in [1.54, 1.807) is 0 Å². The van der Waals surface area contributed by atoms with Crippen molar-refractivity contribution in [3.63, 3.8) is 0 Å². The van der Waals surface area contributed by atoms with E-state index in [9.17, 15) is 0 Å². The number of furan rings is 1. The summed E-state index contributed by atoms with van der Waals surface area (Å²) in [4.78, 5) is 2.46. The molecule has 0 amide bonds. The normalized spacial score (nSPS) is 12.3. The van der Waals surface area contributed by atoms with Crippen molar-refractivity contribution in [3.05, 3.63) is 205 Å². The maximum atomic E-state index is 6.58. The number of rotatable bonds is 6. The van der Waals surface area contributed by atoms with Gasteiger partial charge in [0, 0.05) is 33.1 Å². The van der Waals surface area contributed by atoms with Gasteiger partial charge in [0.05, 0.1) is 27.8 Å². The van der Waals surface area contributed by atoms with Gasteiger partial charge in [0.2, 0.25) is 0 Å². The molecule has 0 saturated carbocycles. The van der Waals surface area contributed by atoms with Crippen LogP contribution in [0.5, 0.6) is 0 Å². The Bertz CT molecular complexity index is 3500. The molecule has 0 aliphatic carbocycles. The van der Waals surface area contributed by atoms with Crippen molar-refractivity contribution in [2.45, 2.75) is 52.4 Å². The van der Waals surface area contributed by atoms with E-state index < -0.39 is 0 Å². The molecular weight excluding hydrogens is 765 g/mol. The molecule has 3 nitrogen and oxygen atoms in total. The Morgan fingerprint density at radius 3 is 1.76 bits per heavy atom. The topological polar surface area (TPSA) is 21.3 Å². The van der Waals surface area contributed by atoms with Gasteiger partial charge in [-0.25, -0.2) is 0 Å². The summed E-state index contributed by atoms with van der Waals surface area (Å²) in [6.07, 6.45) is 0. The van der Waals surface area contributed by atoms with Crippen molar-refractivity contribution in [3.8, 4) is 27.9 Å². The third-order valence-corrected chi connectivity index (χ3v) is 12.9. The van der Waals surface area contributed by atoms with E-state index in [1.807, 2.05) is 6.07 Å². The molecule has 11 rings (SSSR count). The van der Waals surface area contributed by atoms with Crippen LogP contribution in [0, 0.1) is 0 Å². The quantitative estimate of drug-likeness (QED) is 0.167. The van der Waals surface area contributed by atoms with Crippen LogP contribution in [0.4, 0.5) is 17.1 Å². The minimum atomic E-state index is -0.0118. The summed E-state index contributed by atoms with van der Waals surface area (Å²) >= 11 is 0. The highest BCUT2D eigenvalue weighted by Gasteiger charge is 2.26. The van der Waals surface area contributed by atoms with Crippen molar-refractivity contribution < 1.29 is 4.42 Å². The monoisotopic (exact) mass is 814 g/mol. The van der Waals surface area contributed by atoms with E-state index in [2.05, 4.69) is 239 Å². The van der Waals surface area contributed by atoms with Gasteiger partial charge in [-0.2, -0.15) is 0 Å². The predicted octanol–water partition coefficient (Wildman–Crippen LogP) is 17.2. The van der Waals surface area contributed by atoms with Gasteiger partial charge in [-0.15, -0.1) is 0 Å². The first-order chi connectivity index (χ1) is 30.5. The summed E-state index contributed by atoms with van der Waals surface area (Å²) in [6.45, 7) is 13.9. The molecule has 0 spiro atoms. The summed E-state index contributed by atoms with van der Waals surface area (Å²) in [5.74, 6) is 0. The molecule has 0 aliphatic rings. The van der Waals surface area contributed by atoms with Gasteiger partial charge in [-0.3, -0.25) is 0 Å². The molecule has 0 fully saturated rings. The second-order valence-corrected chi connectivity index (χ2v) is 19.0. The Hall–Kier alpha value is -7.36. The van der Waals surface area contributed by atoms with E-state index in [-0.39, 0.29) is 10.8 Å². The van der Waals surface area contributed by atoms with Crippen molar-refractivity contribution in [1.29, 1.82) is 0 Å². The van der Waals surface area contributed by atoms with E-state index in [1.165, 1.54) is 54.9 Å². The third-order valence-electron chi connectivity index (χ3n) is 12.9. The van der Waals surface area contributed by atoms with Crippen LogP contribution in [0.3, 0.4) is 0 Å². The zero-order valence-electron chi connectivity index (χ0n) is 36.8. The number of aromatic nitrogens is 1. The number of nitrogens with zero attached hydrogens (tertiary/aromatic N) is 2. The molecule has 11 aromatic rings. The van der Waals surface area contributed by atoms with Crippen LogP contribution in [0.25, 0.3) is 82.5 Å². The number of fused-ring (bicyclic) bond motifs is 7. The van der Waals surface area contributed by atoms with Crippen molar-refractivity contribution in [2.24, 2.45) is 0 Å². The number of para-hydroxylation sites is 4. The lowest BCUT2D eigenvalue weighted by Crippen LogP contribution is -2.16. The fourth-order valence-electron chi connectivity index (χ4n) is 9.65. The molecule has 0 aliphatic heterocycles. The van der Waals surface area contributed by atoms with Gasteiger partial charge in [-0.1, -0.05) is 181 Å². The van der Waals surface area contributed by atoms with E-state index >= 15 is 0 Å². The summed E-state index contributed by atoms with van der Waals surface area (Å²) in [6, 6.07) is 71.1. The Balaban J connectivity index is 1.21. The molecule has 0 N–H and O–H groups in total. The second-order valence-electron chi connectivity index (χ2n) is 19.0. The highest BCUT2D eigenvalue weighted by molar-refractivity contribution is 6.16. The lowest BCUT2D eigenvalue weighted by molar-refractivity contribution is 0.569. The van der Waals surface area contributed by atoms with Crippen LogP contribution in [-0.4, -0.2) is 4.57 Å². The molecule has 9 aromatic carbocycles. The standard InChI is InChI=1S/C60H50N2O/c1-59(2,3)41-35-40(36-42(37-41)60(4,5)6)45-26-16-19-39-20-17-27-49(57(39)45)47-24-11-14-29-52(47)62(53-30-18-32-56-58(53)50-25-12-15-31-55(50)63-56)44-33-34-48-46-23-10-13-28-51(46)61(54(48)38-44)43-21-8-7-9-22-43/h7-38H,1-6H3. The van der Waals surface area contributed by atoms with Gasteiger partial charge in [0.1, 0.15) is 11.2 Å². The minimum absolute atomic E-state index is 0.0118. The van der Waals surface area contributed by atoms with Crippen molar-refractivity contribution >= 4 is 71.6 Å². The van der Waals surface area contributed by atoms with E-state index in [4.69, 9.17) is 4.42 Å². The predicted molar refractivity (Wildman–Crippen MR) is 269 cm³/mol.